The van der Waals surface area contributed by atoms with E-state index < -0.39 is 56.8 Å². The number of rotatable bonds is 12. The SMILES string of the molecule is Cc1ccc(-c2cc(C(F)(F)F)nn2-c2ccc(S(=O)(=O)NC(=O)[C@H](Cc3ccccc3)N(C)[N+]([O-])=NOC(C)N3C(=O)c4ccccc4C3=O)cc2)cc1. The van der Waals surface area contributed by atoms with Crippen molar-refractivity contribution in [2.45, 2.75) is 43.6 Å². The molecule has 0 radical (unpaired) electrons. The van der Waals surface area contributed by atoms with Gasteiger partial charge in [0.05, 0.1) is 39.4 Å². The maximum atomic E-state index is 13.7. The normalized spacial score (nSPS) is 14.4. The predicted octanol–water partition coefficient (Wildman–Crippen LogP) is 5.67. The van der Waals surface area contributed by atoms with Crippen LogP contribution in [0.15, 0.2) is 119 Å². The molecule has 0 saturated carbocycles. The predicted molar refractivity (Wildman–Crippen MR) is 189 cm³/mol. The van der Waals surface area contributed by atoms with Crippen LogP contribution in [-0.2, 0) is 32.3 Å². The second kappa shape index (κ2) is 15.1. The van der Waals surface area contributed by atoms with E-state index in [9.17, 15) is 41.2 Å². The Morgan fingerprint density at radius 3 is 2.11 bits per heavy atom. The Bertz CT molecular complexity index is 2350. The third kappa shape index (κ3) is 8.03. The van der Waals surface area contributed by atoms with Crippen LogP contribution in [0.1, 0.15) is 44.5 Å². The first kappa shape index (κ1) is 38.2. The number of nitrogens with zero attached hydrogens (tertiary/aromatic N) is 6. The molecule has 0 bridgehead atoms. The van der Waals surface area contributed by atoms with E-state index in [4.69, 9.17) is 4.84 Å². The Morgan fingerprint density at radius 1 is 0.945 bits per heavy atom. The standard InChI is InChI=1S/C37H32F3N7O7S/c1-23-13-15-26(16-14-23)31-22-33(37(38,39)40)41-46(31)27-17-19-28(20-18-27)55(52,53)42-34(48)32(21-25-9-5-4-6-10-25)44(3)47(51)43-54-24(2)45-35(49)29-11-7-8-12-30(29)36(45)50/h4-20,22,24,32H,21H2,1-3H3,(H,42,48)/t24?,32-/m0/s1. The van der Waals surface area contributed by atoms with Gasteiger partial charge < -0.3 is 10.0 Å². The highest BCUT2D eigenvalue weighted by Crippen LogP contribution is 2.33. The van der Waals surface area contributed by atoms with Crippen molar-refractivity contribution in [2.75, 3.05) is 7.05 Å². The van der Waals surface area contributed by atoms with Crippen LogP contribution < -0.4 is 4.72 Å². The van der Waals surface area contributed by atoms with Crippen LogP contribution in [0.5, 0.6) is 0 Å². The van der Waals surface area contributed by atoms with E-state index in [0.717, 1.165) is 45.4 Å². The van der Waals surface area contributed by atoms with Gasteiger partial charge in [0.2, 0.25) is 11.5 Å². The number of hydrazine groups is 1. The molecule has 18 heteroatoms. The highest BCUT2D eigenvalue weighted by Gasteiger charge is 2.40. The summed E-state index contributed by atoms with van der Waals surface area (Å²) in [5, 5.41) is 21.1. The van der Waals surface area contributed by atoms with Crippen LogP contribution in [0, 0.1) is 12.1 Å². The summed E-state index contributed by atoms with van der Waals surface area (Å²) in [6.07, 6.45) is -6.27. The second-order valence-corrected chi connectivity index (χ2v) is 14.2. The maximum Gasteiger partial charge on any atom is 0.435 e. The van der Waals surface area contributed by atoms with Gasteiger partial charge in [0.15, 0.2) is 11.7 Å². The summed E-state index contributed by atoms with van der Waals surface area (Å²) in [6, 6.07) is 25.3. The molecule has 0 spiro atoms. The van der Waals surface area contributed by atoms with Crippen molar-refractivity contribution >= 4 is 27.7 Å². The maximum absolute atomic E-state index is 13.7. The zero-order valence-corrected chi connectivity index (χ0v) is 30.2. The molecule has 55 heavy (non-hydrogen) atoms. The van der Waals surface area contributed by atoms with E-state index in [1.807, 2.05) is 11.6 Å². The molecule has 1 unspecified atom stereocenters. The van der Waals surface area contributed by atoms with Gasteiger partial charge in [-0.1, -0.05) is 72.3 Å². The molecule has 3 amide bonds. The number of aryl methyl sites for hydroxylation is 1. The topological polar surface area (TPSA) is 169 Å². The molecule has 14 nitrogen and oxygen atoms in total. The third-order valence-corrected chi connectivity index (χ3v) is 10.1. The number of imide groups is 1. The van der Waals surface area contributed by atoms with Gasteiger partial charge in [0, 0.05) is 12.0 Å². The van der Waals surface area contributed by atoms with E-state index in [0.29, 0.717) is 11.1 Å². The first-order valence-electron chi connectivity index (χ1n) is 16.5. The quantitative estimate of drug-likeness (QED) is 0.0727. The van der Waals surface area contributed by atoms with Crippen LogP contribution in [-0.4, -0.2) is 70.1 Å². The number of alkyl halides is 3. The summed E-state index contributed by atoms with van der Waals surface area (Å²) < 4.78 is 71.0. The minimum atomic E-state index is -4.75. The number of amides is 3. The number of fused-ring (bicyclic) bond motifs is 1. The summed E-state index contributed by atoms with van der Waals surface area (Å²) in [4.78, 5) is 44.7. The molecule has 1 aliphatic rings. The lowest BCUT2D eigenvalue weighted by molar-refractivity contribution is -0.711. The van der Waals surface area contributed by atoms with Crippen molar-refractivity contribution in [3.05, 3.63) is 142 Å². The first-order valence-corrected chi connectivity index (χ1v) is 18.0. The molecule has 0 aliphatic carbocycles. The summed E-state index contributed by atoms with van der Waals surface area (Å²) >= 11 is 0. The number of hydrogen-bond donors (Lipinski definition) is 1. The lowest BCUT2D eigenvalue weighted by Gasteiger charge is -2.24. The number of aromatic nitrogens is 2. The van der Waals surface area contributed by atoms with Crippen molar-refractivity contribution in [2.24, 2.45) is 5.28 Å². The highest BCUT2D eigenvalue weighted by molar-refractivity contribution is 7.90. The average Bonchev–Trinajstić information content (AvgIpc) is 3.73. The molecule has 284 valence electrons. The zero-order chi connectivity index (χ0) is 39.7. The molecule has 1 aromatic heterocycles. The van der Waals surface area contributed by atoms with E-state index in [1.54, 1.807) is 66.7 Å². The van der Waals surface area contributed by atoms with Gasteiger partial charge in [-0.3, -0.25) is 14.4 Å². The Kier molecular flexibility index (Phi) is 10.4. The number of likely N-dealkylation sites (N-methyl/N-ethyl adjacent to an activating group) is 1. The molecular weight excluding hydrogens is 744 g/mol. The molecule has 1 N–H and O–H groups in total. The van der Waals surface area contributed by atoms with Crippen molar-refractivity contribution < 1.29 is 45.8 Å². The van der Waals surface area contributed by atoms with Crippen molar-refractivity contribution in [1.82, 2.24) is 24.4 Å². The number of benzene rings is 4. The monoisotopic (exact) mass is 775 g/mol. The van der Waals surface area contributed by atoms with Crippen molar-refractivity contribution in [3.63, 3.8) is 0 Å². The summed E-state index contributed by atoms with van der Waals surface area (Å²) in [5.74, 6) is -2.45. The van der Waals surface area contributed by atoms with Gasteiger partial charge in [0.25, 0.3) is 27.7 Å². The molecule has 4 aromatic carbocycles. The van der Waals surface area contributed by atoms with E-state index >= 15 is 0 Å². The number of nitrogens with one attached hydrogen (secondary N) is 1. The van der Waals surface area contributed by atoms with Gasteiger partial charge in [-0.05, 0) is 61.9 Å². The fourth-order valence-electron chi connectivity index (χ4n) is 5.77. The summed E-state index contributed by atoms with van der Waals surface area (Å²) in [6.45, 7) is 3.14. The average molecular weight is 776 g/mol. The minimum Gasteiger partial charge on any atom is -0.569 e. The number of sulfonamides is 1. The Balaban J connectivity index is 1.22. The Labute approximate surface area is 312 Å². The number of halogens is 3. The number of hydrogen-bond acceptors (Lipinski definition) is 9. The van der Waals surface area contributed by atoms with E-state index in [-0.39, 0.29) is 33.9 Å². The van der Waals surface area contributed by atoms with Crippen LogP contribution in [0.3, 0.4) is 0 Å². The van der Waals surface area contributed by atoms with Crippen molar-refractivity contribution in [1.29, 1.82) is 0 Å². The Hall–Kier alpha value is -6.56. The summed E-state index contributed by atoms with van der Waals surface area (Å²) in [5.41, 5.74) is 1.25. The van der Waals surface area contributed by atoms with Gasteiger partial charge in [0.1, 0.15) is 0 Å². The fraction of sp³-hybridized carbons (Fsp3) is 0.189. The van der Waals surface area contributed by atoms with Crippen molar-refractivity contribution in [3.8, 4) is 16.9 Å². The summed E-state index contributed by atoms with van der Waals surface area (Å²) in [7, 11) is -3.46. The highest BCUT2D eigenvalue weighted by atomic mass is 32.2. The molecule has 2 atom stereocenters. The van der Waals surface area contributed by atoms with Crippen LogP contribution in [0.2, 0.25) is 0 Å². The van der Waals surface area contributed by atoms with Gasteiger partial charge in [-0.15, -0.1) is 5.01 Å². The molecular formula is C37H32F3N7O7S. The first-order chi connectivity index (χ1) is 26.0. The lowest BCUT2D eigenvalue weighted by atomic mass is 10.1. The molecule has 1 aliphatic heterocycles. The largest absolute Gasteiger partial charge is 0.569 e. The lowest BCUT2D eigenvalue weighted by Crippen LogP contribution is -2.50. The molecule has 0 saturated heterocycles. The third-order valence-electron chi connectivity index (χ3n) is 8.73. The zero-order valence-electron chi connectivity index (χ0n) is 29.3. The number of carbonyl (C=O) groups excluding carboxylic acids is 3. The van der Waals surface area contributed by atoms with Gasteiger partial charge in [-0.2, -0.15) is 18.3 Å². The van der Waals surface area contributed by atoms with Crippen LogP contribution >= 0.6 is 0 Å². The van der Waals surface area contributed by atoms with Gasteiger partial charge >= 0.3 is 6.18 Å². The molecule has 6 rings (SSSR count). The Morgan fingerprint density at radius 2 is 1.53 bits per heavy atom. The van der Waals surface area contributed by atoms with E-state index in [1.165, 1.54) is 31.2 Å². The fourth-order valence-corrected chi connectivity index (χ4v) is 6.79. The van der Waals surface area contributed by atoms with Gasteiger partial charge in [-0.25, -0.2) is 22.7 Å². The van der Waals surface area contributed by atoms with E-state index in [2.05, 4.69) is 10.4 Å². The molecule has 5 aromatic rings. The molecule has 2 heterocycles. The smallest absolute Gasteiger partial charge is 0.435 e. The van der Waals surface area contributed by atoms with Crippen LogP contribution in [0.4, 0.5) is 13.2 Å². The van der Waals surface area contributed by atoms with Crippen LogP contribution in [0.25, 0.3) is 16.9 Å². The minimum absolute atomic E-state index is 0.108. The second-order valence-electron chi connectivity index (χ2n) is 12.5. The molecule has 0 fully saturated rings. The number of carbonyl (C=O) groups is 3.